The number of hydrogen-bond acceptors (Lipinski definition) is 3. The number of nitrogens with zero attached hydrogens (tertiary/aromatic N) is 2. The lowest BCUT2D eigenvalue weighted by atomic mass is 10.1. The highest BCUT2D eigenvalue weighted by Gasteiger charge is 2.15. The van der Waals surface area contributed by atoms with Gasteiger partial charge in [0.25, 0.3) is 5.91 Å². The van der Waals surface area contributed by atoms with E-state index in [2.05, 4.69) is 37.9 Å². The van der Waals surface area contributed by atoms with Crippen LogP contribution >= 0.6 is 22.6 Å². The Morgan fingerprint density at radius 1 is 1.52 bits per heavy atom. The smallest absolute Gasteiger partial charge is 0.262 e. The Morgan fingerprint density at radius 2 is 2.29 bits per heavy atom. The van der Waals surface area contributed by atoms with E-state index in [1.807, 2.05) is 37.3 Å². The normalized spacial score (nSPS) is 12.5. The highest BCUT2D eigenvalue weighted by Crippen LogP contribution is 2.19. The highest BCUT2D eigenvalue weighted by atomic mass is 127. The third-order valence-electron chi connectivity index (χ3n) is 2.88. The van der Waals surface area contributed by atoms with E-state index in [1.54, 1.807) is 12.4 Å². The van der Waals surface area contributed by atoms with E-state index in [4.69, 9.17) is 5.26 Å². The lowest BCUT2D eigenvalue weighted by Crippen LogP contribution is -2.28. The fourth-order valence-corrected chi connectivity index (χ4v) is 2.67. The maximum Gasteiger partial charge on any atom is 0.262 e. The van der Waals surface area contributed by atoms with Crippen molar-refractivity contribution in [3.8, 4) is 6.07 Å². The summed E-state index contributed by atoms with van der Waals surface area (Å²) in [6.07, 6.45) is 4.62. The molecular weight excluding hydrogens is 379 g/mol. The molecule has 2 aromatic rings. The average molecular weight is 392 g/mol. The monoisotopic (exact) mass is 392 g/mol. The van der Waals surface area contributed by atoms with E-state index < -0.39 is 5.91 Å². The SMILES string of the molecule is C[C@H](NC(=O)/C(C#N)=C/c1ncc[nH]1)c1ccccc1I. The van der Waals surface area contributed by atoms with Crippen molar-refractivity contribution in [2.45, 2.75) is 13.0 Å². The van der Waals surface area contributed by atoms with Gasteiger partial charge in [0, 0.05) is 22.0 Å². The molecule has 1 heterocycles. The fourth-order valence-electron chi connectivity index (χ4n) is 1.82. The third-order valence-corrected chi connectivity index (χ3v) is 3.87. The predicted octanol–water partition coefficient (Wildman–Crippen LogP) is 2.80. The Kier molecular flexibility index (Phi) is 5.11. The van der Waals surface area contributed by atoms with E-state index in [0.717, 1.165) is 9.13 Å². The Morgan fingerprint density at radius 3 is 2.90 bits per heavy atom. The first kappa shape index (κ1) is 15.3. The molecular formula is C15H13IN4O. The standard InChI is InChI=1S/C15H13IN4O/c1-10(12-4-2-3-5-13(12)16)20-15(21)11(9-17)8-14-18-6-7-19-14/h2-8,10H,1H3,(H,18,19)(H,20,21)/b11-8+/t10-/m0/s1. The van der Waals surface area contributed by atoms with E-state index in [-0.39, 0.29) is 11.6 Å². The number of H-pyrrole nitrogens is 1. The summed E-state index contributed by atoms with van der Waals surface area (Å²) in [5.74, 6) is 0.0599. The zero-order valence-electron chi connectivity index (χ0n) is 11.3. The Balaban J connectivity index is 2.14. The van der Waals surface area contributed by atoms with Crippen molar-refractivity contribution in [2.75, 3.05) is 0 Å². The molecule has 0 aliphatic heterocycles. The first-order chi connectivity index (χ1) is 10.1. The summed E-state index contributed by atoms with van der Waals surface area (Å²) in [7, 11) is 0. The molecule has 0 aliphatic carbocycles. The number of hydrogen-bond donors (Lipinski definition) is 2. The fraction of sp³-hybridized carbons (Fsp3) is 0.133. The number of benzene rings is 1. The third kappa shape index (κ3) is 3.92. The number of aromatic nitrogens is 2. The molecule has 0 aliphatic rings. The minimum atomic E-state index is -0.416. The van der Waals surface area contributed by atoms with Crippen LogP contribution in [0.5, 0.6) is 0 Å². The van der Waals surface area contributed by atoms with Crippen LogP contribution in [0.2, 0.25) is 0 Å². The second-order valence-electron chi connectivity index (χ2n) is 4.36. The van der Waals surface area contributed by atoms with Crippen LogP contribution in [0, 0.1) is 14.9 Å². The summed E-state index contributed by atoms with van der Waals surface area (Å²) in [4.78, 5) is 19.0. The van der Waals surface area contributed by atoms with Crippen molar-refractivity contribution < 1.29 is 4.79 Å². The van der Waals surface area contributed by atoms with Gasteiger partial charge in [-0.15, -0.1) is 0 Å². The molecule has 0 saturated carbocycles. The van der Waals surface area contributed by atoms with Gasteiger partial charge in [-0.3, -0.25) is 4.79 Å². The molecule has 0 radical (unpaired) electrons. The van der Waals surface area contributed by atoms with Gasteiger partial charge in [0.15, 0.2) is 0 Å². The van der Waals surface area contributed by atoms with Gasteiger partial charge in [0.05, 0.1) is 6.04 Å². The van der Waals surface area contributed by atoms with Crippen LogP contribution in [0.3, 0.4) is 0 Å². The summed E-state index contributed by atoms with van der Waals surface area (Å²) >= 11 is 2.22. The van der Waals surface area contributed by atoms with Gasteiger partial charge in [0.1, 0.15) is 17.5 Å². The molecule has 21 heavy (non-hydrogen) atoms. The zero-order valence-corrected chi connectivity index (χ0v) is 13.5. The first-order valence-electron chi connectivity index (χ1n) is 6.28. The minimum Gasteiger partial charge on any atom is -0.345 e. The summed E-state index contributed by atoms with van der Waals surface area (Å²) in [6.45, 7) is 1.89. The molecule has 2 rings (SSSR count). The van der Waals surface area contributed by atoms with E-state index in [0.29, 0.717) is 5.82 Å². The topological polar surface area (TPSA) is 81.6 Å². The summed E-state index contributed by atoms with van der Waals surface area (Å²) < 4.78 is 1.07. The maximum atomic E-state index is 12.1. The second-order valence-corrected chi connectivity index (χ2v) is 5.52. The van der Waals surface area contributed by atoms with Crippen molar-refractivity contribution >= 4 is 34.6 Å². The molecule has 6 heteroatoms. The van der Waals surface area contributed by atoms with Gasteiger partial charge in [-0.2, -0.15) is 5.26 Å². The van der Waals surface area contributed by atoms with Crippen molar-refractivity contribution in [1.82, 2.24) is 15.3 Å². The molecule has 1 aromatic carbocycles. The molecule has 0 fully saturated rings. The van der Waals surface area contributed by atoms with Crippen LogP contribution in [-0.4, -0.2) is 15.9 Å². The van der Waals surface area contributed by atoms with Crippen LogP contribution in [0.15, 0.2) is 42.2 Å². The molecule has 0 bridgehead atoms. The number of rotatable bonds is 4. The summed E-state index contributed by atoms with van der Waals surface area (Å²) in [5, 5.41) is 11.9. The van der Waals surface area contributed by atoms with E-state index in [9.17, 15) is 4.79 Å². The zero-order chi connectivity index (χ0) is 15.2. The van der Waals surface area contributed by atoms with E-state index in [1.165, 1.54) is 6.08 Å². The summed E-state index contributed by atoms with van der Waals surface area (Å²) in [6, 6.07) is 9.51. The maximum absolute atomic E-state index is 12.1. The molecule has 2 N–H and O–H groups in total. The largest absolute Gasteiger partial charge is 0.345 e. The number of carbonyl (C=O) groups is 1. The van der Waals surface area contributed by atoms with Crippen molar-refractivity contribution in [3.05, 3.63) is 57.2 Å². The van der Waals surface area contributed by atoms with Crippen LogP contribution in [0.1, 0.15) is 24.4 Å². The Bertz CT molecular complexity index is 701. The molecule has 1 atom stereocenters. The number of halogens is 1. The van der Waals surface area contributed by atoms with Crippen LogP contribution in [-0.2, 0) is 4.79 Å². The second kappa shape index (κ2) is 7.04. The number of nitriles is 1. The van der Waals surface area contributed by atoms with E-state index >= 15 is 0 Å². The molecule has 5 nitrogen and oxygen atoms in total. The van der Waals surface area contributed by atoms with Crippen molar-refractivity contribution in [3.63, 3.8) is 0 Å². The van der Waals surface area contributed by atoms with Gasteiger partial charge in [0.2, 0.25) is 0 Å². The van der Waals surface area contributed by atoms with Gasteiger partial charge in [-0.25, -0.2) is 4.98 Å². The number of imidazole rings is 1. The molecule has 0 saturated heterocycles. The number of amides is 1. The van der Waals surface area contributed by atoms with Gasteiger partial charge in [-0.1, -0.05) is 18.2 Å². The van der Waals surface area contributed by atoms with Crippen LogP contribution in [0.4, 0.5) is 0 Å². The Hall–Kier alpha value is -2.14. The Labute approximate surface area is 136 Å². The van der Waals surface area contributed by atoms with Gasteiger partial charge < -0.3 is 10.3 Å². The molecule has 1 amide bonds. The molecule has 0 unspecified atom stereocenters. The summed E-state index contributed by atoms with van der Waals surface area (Å²) in [5.41, 5.74) is 1.03. The highest BCUT2D eigenvalue weighted by molar-refractivity contribution is 14.1. The molecule has 106 valence electrons. The number of nitrogens with one attached hydrogen (secondary N) is 2. The van der Waals surface area contributed by atoms with Gasteiger partial charge >= 0.3 is 0 Å². The van der Waals surface area contributed by atoms with Crippen LogP contribution in [0.25, 0.3) is 6.08 Å². The van der Waals surface area contributed by atoms with Gasteiger partial charge in [-0.05, 0) is 41.1 Å². The molecule has 0 spiro atoms. The minimum absolute atomic E-state index is 0.0164. The lowest BCUT2D eigenvalue weighted by molar-refractivity contribution is -0.117. The van der Waals surface area contributed by atoms with Crippen LogP contribution < -0.4 is 5.32 Å². The number of carbonyl (C=O) groups excluding carboxylic acids is 1. The quantitative estimate of drug-likeness (QED) is 0.477. The number of aromatic amines is 1. The predicted molar refractivity (Wildman–Crippen MR) is 87.9 cm³/mol. The first-order valence-corrected chi connectivity index (χ1v) is 7.36. The van der Waals surface area contributed by atoms with Crippen molar-refractivity contribution in [1.29, 1.82) is 5.26 Å². The van der Waals surface area contributed by atoms with Crippen molar-refractivity contribution in [2.24, 2.45) is 0 Å². The molecule has 1 aromatic heterocycles. The average Bonchev–Trinajstić information content (AvgIpc) is 2.98. The lowest BCUT2D eigenvalue weighted by Gasteiger charge is -2.15.